The van der Waals surface area contributed by atoms with Gasteiger partial charge in [-0.1, -0.05) is 0 Å². The first-order valence-corrected chi connectivity index (χ1v) is 8.35. The lowest BCUT2D eigenvalue weighted by atomic mass is 9.68. The van der Waals surface area contributed by atoms with E-state index in [-0.39, 0.29) is 31.1 Å². The van der Waals surface area contributed by atoms with E-state index in [0.29, 0.717) is 30.5 Å². The molecule has 3 rings (SSSR count). The average Bonchev–Trinajstić information content (AvgIpc) is 2.88. The third kappa shape index (κ3) is 2.26. The maximum absolute atomic E-state index is 12.8. The highest BCUT2D eigenvalue weighted by molar-refractivity contribution is 6.04. The van der Waals surface area contributed by atoms with Crippen LogP contribution in [0.1, 0.15) is 32.6 Å². The zero-order chi connectivity index (χ0) is 17.7. The van der Waals surface area contributed by atoms with E-state index in [0.717, 1.165) is 0 Å². The minimum atomic E-state index is -1.58. The number of piperidine rings is 1. The van der Waals surface area contributed by atoms with Crippen molar-refractivity contribution in [3.63, 3.8) is 0 Å². The van der Waals surface area contributed by atoms with E-state index in [4.69, 9.17) is 9.47 Å². The van der Waals surface area contributed by atoms with Crippen molar-refractivity contribution in [2.45, 2.75) is 50.6 Å². The van der Waals surface area contributed by atoms with E-state index in [1.807, 2.05) is 0 Å². The Morgan fingerprint density at radius 1 is 1.33 bits per heavy atom. The Morgan fingerprint density at radius 3 is 2.71 bits per heavy atom. The van der Waals surface area contributed by atoms with Gasteiger partial charge in [-0.25, -0.2) is 0 Å². The van der Waals surface area contributed by atoms with Gasteiger partial charge in [0.05, 0.1) is 12.0 Å². The SMILES string of the molecule is CO[C@]12OCC(=C3C(=O)N(C)CC[C@]3(C)C(=O)CCC[C@@H]1O)[C@@H]2O. The molecule has 3 aliphatic rings. The van der Waals surface area contributed by atoms with Crippen LogP contribution in [-0.2, 0) is 19.1 Å². The quantitative estimate of drug-likeness (QED) is 0.698. The second-order valence-corrected chi connectivity index (χ2v) is 7.16. The Bertz CT molecular complexity index is 602. The van der Waals surface area contributed by atoms with Gasteiger partial charge in [0.25, 0.3) is 5.91 Å². The number of nitrogens with zero attached hydrogens (tertiary/aromatic N) is 1. The molecular formula is C17H25NO6. The number of aliphatic hydroxyl groups is 2. The predicted octanol–water partition coefficient (Wildman–Crippen LogP) is -0.000900. The van der Waals surface area contributed by atoms with Crippen LogP contribution in [0, 0.1) is 5.41 Å². The summed E-state index contributed by atoms with van der Waals surface area (Å²) in [6.07, 6.45) is -0.844. The number of hydrogen-bond acceptors (Lipinski definition) is 6. The van der Waals surface area contributed by atoms with Crippen LogP contribution in [0.15, 0.2) is 11.1 Å². The van der Waals surface area contributed by atoms with Crippen molar-refractivity contribution in [3.05, 3.63) is 11.1 Å². The molecule has 2 aliphatic heterocycles. The molecule has 0 aromatic heterocycles. The smallest absolute Gasteiger partial charge is 0.250 e. The van der Waals surface area contributed by atoms with E-state index in [9.17, 15) is 19.8 Å². The number of methoxy groups -OCH3 is 1. The first-order valence-electron chi connectivity index (χ1n) is 8.35. The summed E-state index contributed by atoms with van der Waals surface area (Å²) in [4.78, 5) is 27.2. The molecule has 0 aromatic carbocycles. The molecule has 7 nitrogen and oxygen atoms in total. The largest absolute Gasteiger partial charge is 0.387 e. The number of aliphatic hydroxyl groups excluding tert-OH is 2. The van der Waals surface area contributed by atoms with Gasteiger partial charge in [-0.3, -0.25) is 9.59 Å². The van der Waals surface area contributed by atoms with Crippen LogP contribution in [0.5, 0.6) is 0 Å². The number of rotatable bonds is 1. The van der Waals surface area contributed by atoms with Crippen molar-refractivity contribution in [2.24, 2.45) is 5.41 Å². The molecule has 0 unspecified atom stereocenters. The number of carbonyl (C=O) groups excluding carboxylic acids is 2. The Hall–Kier alpha value is -1.28. The van der Waals surface area contributed by atoms with E-state index in [1.54, 1.807) is 18.9 Å². The fourth-order valence-corrected chi connectivity index (χ4v) is 4.13. The van der Waals surface area contributed by atoms with E-state index in [1.165, 1.54) is 7.11 Å². The molecule has 7 heteroatoms. The number of likely N-dealkylation sites (N-methyl/N-ethyl adjacent to an activating group) is 1. The second kappa shape index (κ2) is 5.91. The fraction of sp³-hybridized carbons (Fsp3) is 0.765. The fourth-order valence-electron chi connectivity index (χ4n) is 4.13. The highest BCUT2D eigenvalue weighted by Crippen LogP contribution is 2.46. The van der Waals surface area contributed by atoms with Gasteiger partial charge >= 0.3 is 0 Å². The number of likely N-dealkylation sites (tertiary alicyclic amines) is 1. The molecule has 1 amide bonds. The van der Waals surface area contributed by atoms with E-state index in [2.05, 4.69) is 0 Å². The predicted molar refractivity (Wildman–Crippen MR) is 84.0 cm³/mol. The third-order valence-electron chi connectivity index (χ3n) is 5.83. The molecule has 2 heterocycles. The lowest BCUT2D eigenvalue weighted by Gasteiger charge is -2.41. The van der Waals surface area contributed by atoms with Crippen LogP contribution in [0.2, 0.25) is 0 Å². The minimum Gasteiger partial charge on any atom is -0.387 e. The van der Waals surface area contributed by atoms with Crippen molar-refractivity contribution >= 4 is 11.7 Å². The summed E-state index contributed by atoms with van der Waals surface area (Å²) >= 11 is 0. The Balaban J connectivity index is 2.20. The van der Waals surface area contributed by atoms with Crippen molar-refractivity contribution in [3.8, 4) is 0 Å². The molecule has 0 radical (unpaired) electrons. The van der Waals surface area contributed by atoms with Crippen LogP contribution in [0.3, 0.4) is 0 Å². The summed E-state index contributed by atoms with van der Waals surface area (Å²) in [5.41, 5.74) is -0.276. The van der Waals surface area contributed by atoms with Crippen LogP contribution in [0.25, 0.3) is 0 Å². The first kappa shape index (κ1) is 17.5. The molecule has 1 aliphatic carbocycles. The minimum absolute atomic E-state index is 0.0253. The summed E-state index contributed by atoms with van der Waals surface area (Å²) in [6.45, 7) is 2.23. The Labute approximate surface area is 141 Å². The number of hydrogen-bond donors (Lipinski definition) is 2. The standard InChI is InChI=1S/C17H25NO6/c1-16-7-8-18(2)15(22)13(16)10-9-24-17(23-3,14(10)21)12(20)6-4-5-11(16)19/h12,14,20-21H,4-9H2,1-3H3/t12-,14-,16+,17-/m0/s1. The summed E-state index contributed by atoms with van der Waals surface area (Å²) in [7, 11) is 3.05. The number of carbonyl (C=O) groups is 2. The first-order chi connectivity index (χ1) is 11.3. The Kier molecular flexibility index (Phi) is 4.32. The molecule has 2 N–H and O–H groups in total. The second-order valence-electron chi connectivity index (χ2n) is 7.16. The normalized spacial score (nSPS) is 40.8. The molecule has 2 saturated heterocycles. The number of fused-ring (bicyclic) bond motifs is 3. The topological polar surface area (TPSA) is 96.3 Å². The van der Waals surface area contributed by atoms with Crippen molar-refractivity contribution < 1.29 is 29.3 Å². The molecule has 0 spiro atoms. The number of ether oxygens (including phenoxy) is 2. The van der Waals surface area contributed by atoms with Gasteiger partial charge in [-0.2, -0.15) is 0 Å². The van der Waals surface area contributed by atoms with Crippen LogP contribution >= 0.6 is 0 Å². The molecule has 0 aromatic rings. The summed E-state index contributed by atoms with van der Waals surface area (Å²) in [5.74, 6) is -1.88. The van der Waals surface area contributed by atoms with Crippen LogP contribution < -0.4 is 0 Å². The van der Waals surface area contributed by atoms with Gasteiger partial charge < -0.3 is 24.6 Å². The molecule has 2 bridgehead atoms. The van der Waals surface area contributed by atoms with Gasteiger partial charge in [0.2, 0.25) is 5.79 Å². The number of ketones is 1. The monoisotopic (exact) mass is 339 g/mol. The molecule has 4 atom stereocenters. The number of amides is 1. The molecule has 2 fully saturated rings. The molecule has 24 heavy (non-hydrogen) atoms. The van der Waals surface area contributed by atoms with Crippen LogP contribution in [0.4, 0.5) is 0 Å². The van der Waals surface area contributed by atoms with Gasteiger partial charge in [0, 0.05) is 32.7 Å². The highest BCUT2D eigenvalue weighted by atomic mass is 16.7. The van der Waals surface area contributed by atoms with Gasteiger partial charge in [0.15, 0.2) is 0 Å². The van der Waals surface area contributed by atoms with Gasteiger partial charge in [0.1, 0.15) is 18.0 Å². The molecule has 0 saturated carbocycles. The summed E-state index contributed by atoms with van der Waals surface area (Å²) in [6, 6.07) is 0. The third-order valence-corrected chi connectivity index (χ3v) is 5.83. The van der Waals surface area contributed by atoms with Crippen molar-refractivity contribution in [1.82, 2.24) is 4.90 Å². The zero-order valence-corrected chi connectivity index (χ0v) is 14.4. The molecular weight excluding hydrogens is 314 g/mol. The van der Waals surface area contributed by atoms with Crippen LogP contribution in [-0.4, -0.2) is 72.1 Å². The van der Waals surface area contributed by atoms with E-state index >= 15 is 0 Å². The average molecular weight is 339 g/mol. The van der Waals surface area contributed by atoms with Gasteiger partial charge in [-0.15, -0.1) is 0 Å². The van der Waals surface area contributed by atoms with Crippen molar-refractivity contribution in [2.75, 3.05) is 27.3 Å². The van der Waals surface area contributed by atoms with Crippen molar-refractivity contribution in [1.29, 1.82) is 0 Å². The zero-order valence-electron chi connectivity index (χ0n) is 14.4. The highest BCUT2D eigenvalue weighted by Gasteiger charge is 2.57. The summed E-state index contributed by atoms with van der Waals surface area (Å²) in [5, 5.41) is 21.3. The maximum Gasteiger partial charge on any atom is 0.250 e. The number of Topliss-reactive ketones (excluding diaryl/α,β-unsaturated/α-hetero) is 1. The lowest BCUT2D eigenvalue weighted by molar-refractivity contribution is -0.279. The summed E-state index contributed by atoms with van der Waals surface area (Å²) < 4.78 is 11.0. The lowest BCUT2D eigenvalue weighted by Crippen LogP contribution is -2.54. The van der Waals surface area contributed by atoms with E-state index < -0.39 is 23.4 Å². The molecule has 134 valence electrons. The Morgan fingerprint density at radius 2 is 2.04 bits per heavy atom. The van der Waals surface area contributed by atoms with Gasteiger partial charge in [-0.05, 0) is 31.8 Å². The maximum atomic E-state index is 12.8.